The third kappa shape index (κ3) is 2.74. The lowest BCUT2D eigenvalue weighted by molar-refractivity contribution is 0.415. The minimum Gasteiger partial charge on any atom is -0.497 e. The lowest BCUT2D eigenvalue weighted by Gasteiger charge is -2.03. The van der Waals surface area contributed by atoms with Crippen molar-refractivity contribution in [3.63, 3.8) is 0 Å². The van der Waals surface area contributed by atoms with E-state index in [9.17, 15) is 0 Å². The Labute approximate surface area is 88.4 Å². The van der Waals surface area contributed by atoms with Crippen molar-refractivity contribution < 1.29 is 4.74 Å². The van der Waals surface area contributed by atoms with Gasteiger partial charge in [-0.15, -0.1) is 0 Å². The molecule has 14 heavy (non-hydrogen) atoms. The van der Waals surface area contributed by atoms with Gasteiger partial charge in [0.2, 0.25) is 0 Å². The monoisotopic (exact) mass is 208 g/mol. The summed E-state index contributed by atoms with van der Waals surface area (Å²) in [6.45, 7) is 0. The van der Waals surface area contributed by atoms with Crippen molar-refractivity contribution in [1.82, 2.24) is 0 Å². The molecule has 0 aliphatic heterocycles. The molecule has 3 nitrogen and oxygen atoms in total. The fourth-order valence-corrected chi connectivity index (χ4v) is 1.15. The predicted molar refractivity (Wildman–Crippen MR) is 61.9 cm³/mol. The normalized spacial score (nSPS) is 11.1. The highest BCUT2D eigenvalue weighted by molar-refractivity contribution is 7.80. The second-order valence-corrected chi connectivity index (χ2v) is 3.20. The minimum absolute atomic E-state index is 0.276. The van der Waals surface area contributed by atoms with Crippen LogP contribution in [-0.4, -0.2) is 12.1 Å². The summed E-state index contributed by atoms with van der Waals surface area (Å²) >= 11 is 4.72. The van der Waals surface area contributed by atoms with E-state index in [-0.39, 0.29) is 4.99 Å². The number of nitrogens with two attached hydrogens (primary N) is 2. The second kappa shape index (κ2) is 4.62. The van der Waals surface area contributed by atoms with Crippen molar-refractivity contribution in [2.75, 3.05) is 7.11 Å². The van der Waals surface area contributed by atoms with E-state index in [1.165, 1.54) is 0 Å². The van der Waals surface area contributed by atoms with E-state index in [1.54, 1.807) is 13.2 Å². The maximum atomic E-state index is 5.74. The Balaban J connectivity index is 2.92. The molecule has 4 N–H and O–H groups in total. The van der Waals surface area contributed by atoms with E-state index in [0.717, 1.165) is 11.3 Å². The van der Waals surface area contributed by atoms with Gasteiger partial charge < -0.3 is 16.2 Å². The van der Waals surface area contributed by atoms with Crippen molar-refractivity contribution >= 4 is 22.9 Å². The molecule has 0 radical (unpaired) electrons. The molecule has 0 fully saturated rings. The van der Waals surface area contributed by atoms with Crippen molar-refractivity contribution in [2.24, 2.45) is 11.5 Å². The van der Waals surface area contributed by atoms with Gasteiger partial charge in [-0.05, 0) is 35.9 Å². The number of ether oxygens (including phenoxy) is 1. The molecule has 74 valence electrons. The van der Waals surface area contributed by atoms with E-state index in [4.69, 9.17) is 28.4 Å². The van der Waals surface area contributed by atoms with Gasteiger partial charge in [0.1, 0.15) is 5.75 Å². The van der Waals surface area contributed by atoms with E-state index in [2.05, 4.69) is 0 Å². The van der Waals surface area contributed by atoms with Crippen LogP contribution in [0.15, 0.2) is 30.3 Å². The predicted octanol–water partition coefficient (Wildman–Crippen LogP) is 1.28. The highest BCUT2D eigenvalue weighted by Gasteiger charge is 1.97. The summed E-state index contributed by atoms with van der Waals surface area (Å²) in [6.07, 6.45) is 1.55. The molecule has 0 amide bonds. The Morgan fingerprint density at radius 3 is 2.29 bits per heavy atom. The third-order valence-corrected chi connectivity index (χ3v) is 1.84. The van der Waals surface area contributed by atoms with Gasteiger partial charge in [-0.25, -0.2) is 0 Å². The molecule has 1 aromatic carbocycles. The molecule has 0 atom stereocenters. The van der Waals surface area contributed by atoms with Crippen LogP contribution in [0.5, 0.6) is 5.75 Å². The zero-order valence-corrected chi connectivity index (χ0v) is 8.67. The average molecular weight is 208 g/mol. The van der Waals surface area contributed by atoms with Crippen LogP contribution in [0.25, 0.3) is 5.70 Å². The number of hydrogen-bond donors (Lipinski definition) is 2. The van der Waals surface area contributed by atoms with Crippen LogP contribution in [0.3, 0.4) is 0 Å². The van der Waals surface area contributed by atoms with Gasteiger partial charge in [-0.3, -0.25) is 0 Å². The van der Waals surface area contributed by atoms with Gasteiger partial charge in [0, 0.05) is 5.70 Å². The molecule has 1 rings (SSSR count). The Kier molecular flexibility index (Phi) is 3.48. The number of hydrogen-bond acceptors (Lipinski definition) is 3. The van der Waals surface area contributed by atoms with Crippen LogP contribution in [0, 0.1) is 0 Å². The van der Waals surface area contributed by atoms with Gasteiger partial charge in [0.05, 0.1) is 12.1 Å². The van der Waals surface area contributed by atoms with Crippen molar-refractivity contribution in [1.29, 1.82) is 0 Å². The molecule has 0 aliphatic carbocycles. The van der Waals surface area contributed by atoms with Crippen molar-refractivity contribution in [3.05, 3.63) is 35.9 Å². The summed E-state index contributed by atoms with van der Waals surface area (Å²) in [5, 5.41) is 0. The van der Waals surface area contributed by atoms with E-state index >= 15 is 0 Å². The largest absolute Gasteiger partial charge is 0.497 e. The molecule has 0 aromatic heterocycles. The quantitative estimate of drug-likeness (QED) is 0.580. The van der Waals surface area contributed by atoms with Crippen LogP contribution in [0.1, 0.15) is 5.56 Å². The molecule has 0 heterocycles. The fourth-order valence-electron chi connectivity index (χ4n) is 1.02. The van der Waals surface area contributed by atoms with Gasteiger partial charge in [0.25, 0.3) is 0 Å². The number of rotatable bonds is 3. The van der Waals surface area contributed by atoms with Crippen LogP contribution >= 0.6 is 12.2 Å². The third-order valence-electron chi connectivity index (χ3n) is 1.72. The van der Waals surface area contributed by atoms with Gasteiger partial charge in [0.15, 0.2) is 0 Å². The highest BCUT2D eigenvalue weighted by atomic mass is 32.1. The summed E-state index contributed by atoms with van der Waals surface area (Å²) in [6, 6.07) is 7.36. The van der Waals surface area contributed by atoms with Crippen LogP contribution in [0.4, 0.5) is 0 Å². The lowest BCUT2D eigenvalue weighted by atomic mass is 10.1. The Hall–Kier alpha value is -1.55. The van der Waals surface area contributed by atoms with Crippen LogP contribution < -0.4 is 16.2 Å². The molecule has 0 aliphatic rings. The first-order valence-electron chi connectivity index (χ1n) is 4.04. The van der Waals surface area contributed by atoms with Gasteiger partial charge in [-0.2, -0.15) is 0 Å². The molecule has 0 bridgehead atoms. The van der Waals surface area contributed by atoms with Crippen molar-refractivity contribution in [2.45, 2.75) is 0 Å². The van der Waals surface area contributed by atoms with Gasteiger partial charge >= 0.3 is 0 Å². The number of benzene rings is 1. The van der Waals surface area contributed by atoms with Gasteiger partial charge in [-0.1, -0.05) is 12.2 Å². The zero-order chi connectivity index (χ0) is 10.6. The van der Waals surface area contributed by atoms with Crippen molar-refractivity contribution in [3.8, 4) is 5.75 Å². The maximum Gasteiger partial charge on any atom is 0.118 e. The zero-order valence-electron chi connectivity index (χ0n) is 7.86. The summed E-state index contributed by atoms with van der Waals surface area (Å²) < 4.78 is 5.02. The molecule has 0 unspecified atom stereocenters. The topological polar surface area (TPSA) is 61.3 Å². The summed E-state index contributed by atoms with van der Waals surface area (Å²) in [5.41, 5.74) is 12.5. The smallest absolute Gasteiger partial charge is 0.118 e. The Morgan fingerprint density at radius 2 is 1.86 bits per heavy atom. The summed E-state index contributed by atoms with van der Waals surface area (Å²) in [4.78, 5) is 0.276. The Bertz CT molecular complexity index is 357. The SMILES string of the molecule is COc1ccc(C(N)=CC(N)=S)cc1. The molecule has 4 heteroatoms. The molecule has 0 spiro atoms. The molecular weight excluding hydrogens is 196 g/mol. The first-order chi connectivity index (χ1) is 6.63. The van der Waals surface area contributed by atoms with E-state index in [1.807, 2.05) is 24.3 Å². The second-order valence-electron chi connectivity index (χ2n) is 2.73. The van der Waals surface area contributed by atoms with Crippen LogP contribution in [-0.2, 0) is 0 Å². The standard InChI is InChI=1S/C10H12N2OS/c1-13-8-4-2-7(3-5-8)9(11)6-10(12)14/h2-6H,11H2,1H3,(H2,12,14). The summed E-state index contributed by atoms with van der Waals surface area (Å²) in [5.74, 6) is 0.789. The first kappa shape index (κ1) is 10.5. The number of methoxy groups -OCH3 is 1. The molecule has 0 saturated carbocycles. The lowest BCUT2D eigenvalue weighted by Crippen LogP contribution is -2.07. The van der Waals surface area contributed by atoms with E-state index < -0.39 is 0 Å². The minimum atomic E-state index is 0.276. The molecule has 0 saturated heterocycles. The average Bonchev–Trinajstić information content (AvgIpc) is 2.17. The summed E-state index contributed by atoms with van der Waals surface area (Å²) in [7, 11) is 1.61. The molecule has 1 aromatic rings. The van der Waals surface area contributed by atoms with Crippen LogP contribution in [0.2, 0.25) is 0 Å². The fraction of sp³-hybridized carbons (Fsp3) is 0.100. The highest BCUT2D eigenvalue weighted by Crippen LogP contribution is 2.14. The number of thiocarbonyl (C=S) groups is 1. The van der Waals surface area contributed by atoms with E-state index in [0.29, 0.717) is 5.70 Å². The molecular formula is C10H12N2OS. The Morgan fingerprint density at radius 1 is 1.29 bits per heavy atom. The maximum absolute atomic E-state index is 5.74. The first-order valence-corrected chi connectivity index (χ1v) is 4.45.